The van der Waals surface area contributed by atoms with Crippen LogP contribution in [0.1, 0.15) is 61.6 Å². The molecule has 37 heavy (non-hydrogen) atoms. The number of halogens is 1. The van der Waals surface area contributed by atoms with E-state index in [-0.39, 0.29) is 28.9 Å². The summed E-state index contributed by atoms with van der Waals surface area (Å²) >= 11 is 5.82. The van der Waals surface area contributed by atoms with Gasteiger partial charge in [0.25, 0.3) is 0 Å². The van der Waals surface area contributed by atoms with Crippen LogP contribution in [0.15, 0.2) is 41.3 Å². The Morgan fingerprint density at radius 1 is 1.16 bits per heavy atom. The van der Waals surface area contributed by atoms with E-state index in [4.69, 9.17) is 30.2 Å². The van der Waals surface area contributed by atoms with Gasteiger partial charge in [-0.25, -0.2) is 9.78 Å². The number of esters is 3. The lowest BCUT2D eigenvalue weighted by Gasteiger charge is -2.61. The van der Waals surface area contributed by atoms with Gasteiger partial charge in [0.05, 0.1) is 37.0 Å². The van der Waals surface area contributed by atoms with Crippen LogP contribution in [-0.4, -0.2) is 41.9 Å². The van der Waals surface area contributed by atoms with E-state index in [2.05, 4.69) is 4.98 Å². The highest BCUT2D eigenvalue weighted by molar-refractivity contribution is 6.29. The molecule has 3 heterocycles. The Balaban J connectivity index is 1.53. The van der Waals surface area contributed by atoms with E-state index in [1.807, 2.05) is 13.8 Å². The van der Waals surface area contributed by atoms with Crippen molar-refractivity contribution in [1.29, 1.82) is 0 Å². The van der Waals surface area contributed by atoms with E-state index >= 15 is 0 Å². The van der Waals surface area contributed by atoms with Crippen LogP contribution < -0.4 is 0 Å². The second-order valence-electron chi connectivity index (χ2n) is 10.7. The van der Waals surface area contributed by atoms with E-state index in [0.717, 1.165) is 0 Å². The zero-order valence-electron chi connectivity index (χ0n) is 20.8. The second kappa shape index (κ2) is 9.28. The van der Waals surface area contributed by atoms with Crippen LogP contribution in [0.25, 0.3) is 0 Å². The van der Waals surface area contributed by atoms with E-state index in [1.54, 1.807) is 6.07 Å². The molecule has 0 unspecified atom stereocenters. The molecule has 1 aliphatic heterocycles. The third kappa shape index (κ3) is 4.13. The van der Waals surface area contributed by atoms with Crippen molar-refractivity contribution in [2.75, 3.05) is 7.11 Å². The van der Waals surface area contributed by atoms with Crippen molar-refractivity contribution < 1.29 is 37.8 Å². The summed E-state index contributed by atoms with van der Waals surface area (Å²) in [4.78, 5) is 57.2. The number of Topliss-reactive ketones (excluding diaryl/α,β-unsaturated/α-hetero) is 1. The predicted octanol–water partition coefficient (Wildman–Crippen LogP) is 4.34. The number of carbonyl (C=O) groups excluding carboxylic acids is 4. The second-order valence-corrected chi connectivity index (χ2v) is 11.1. The molecule has 7 atom stereocenters. The van der Waals surface area contributed by atoms with Crippen molar-refractivity contribution in [2.45, 2.75) is 51.7 Å². The molecule has 3 fully saturated rings. The first-order chi connectivity index (χ1) is 17.6. The number of hydrogen-bond donors (Lipinski definition) is 0. The lowest BCUT2D eigenvalue weighted by molar-refractivity contribution is -0.208. The molecule has 5 rings (SSSR count). The quantitative estimate of drug-likeness (QED) is 0.323. The fraction of sp³-hybridized carbons (Fsp3) is 0.519. The first-order valence-corrected chi connectivity index (χ1v) is 12.6. The topological polar surface area (TPSA) is 122 Å². The van der Waals surface area contributed by atoms with Gasteiger partial charge in [0.2, 0.25) is 0 Å². The maximum absolute atomic E-state index is 14.2. The number of aromatic nitrogens is 1. The van der Waals surface area contributed by atoms with Crippen molar-refractivity contribution in [1.82, 2.24) is 4.98 Å². The van der Waals surface area contributed by atoms with Crippen LogP contribution in [-0.2, 0) is 28.6 Å². The average molecular weight is 530 g/mol. The number of nitrogens with zero attached hydrogens (tertiary/aromatic N) is 1. The lowest BCUT2D eigenvalue weighted by atomic mass is 9.43. The molecule has 0 N–H and O–H groups in total. The van der Waals surface area contributed by atoms with Crippen molar-refractivity contribution in [3.05, 3.63) is 53.2 Å². The number of ketones is 1. The number of pyridine rings is 1. The van der Waals surface area contributed by atoms with E-state index in [1.165, 1.54) is 38.0 Å². The number of carbonyl (C=O) groups is 4. The summed E-state index contributed by atoms with van der Waals surface area (Å²) in [6, 6.07) is 4.64. The monoisotopic (exact) mass is 529 g/mol. The molecule has 0 aromatic carbocycles. The number of ether oxygens (including phenoxy) is 3. The fourth-order valence-electron chi connectivity index (χ4n) is 6.96. The maximum Gasteiger partial charge on any atom is 0.340 e. The van der Waals surface area contributed by atoms with Crippen molar-refractivity contribution in [3.8, 4) is 0 Å². The third-order valence-electron chi connectivity index (χ3n) is 8.72. The van der Waals surface area contributed by atoms with E-state index in [9.17, 15) is 19.2 Å². The summed E-state index contributed by atoms with van der Waals surface area (Å²) in [5, 5.41) is 0.212. The lowest BCUT2D eigenvalue weighted by Crippen LogP contribution is -2.64. The van der Waals surface area contributed by atoms with Gasteiger partial charge >= 0.3 is 17.9 Å². The highest BCUT2D eigenvalue weighted by atomic mass is 35.5. The van der Waals surface area contributed by atoms with Gasteiger partial charge in [0, 0.05) is 24.1 Å². The molecule has 0 amide bonds. The zero-order valence-corrected chi connectivity index (χ0v) is 21.5. The molecule has 196 valence electrons. The summed E-state index contributed by atoms with van der Waals surface area (Å²) in [6.45, 7) is 3.82. The molecule has 0 radical (unpaired) electrons. The Hall–Kier alpha value is -3.20. The molecule has 2 aromatic rings. The van der Waals surface area contributed by atoms with Crippen LogP contribution in [0.5, 0.6) is 0 Å². The Bertz CT molecular complexity index is 1230. The molecule has 3 aliphatic rings. The molecule has 9 nitrogen and oxygen atoms in total. The molecule has 2 aliphatic carbocycles. The number of methoxy groups -OCH3 is 1. The number of cyclic esters (lactones) is 1. The number of furan rings is 1. The van der Waals surface area contributed by atoms with Crippen LogP contribution >= 0.6 is 11.6 Å². The van der Waals surface area contributed by atoms with Gasteiger partial charge in [-0.3, -0.25) is 14.4 Å². The van der Waals surface area contributed by atoms with Gasteiger partial charge in [-0.2, -0.15) is 0 Å². The Kier molecular flexibility index (Phi) is 6.38. The summed E-state index contributed by atoms with van der Waals surface area (Å²) in [6.07, 6.45) is 3.81. The molecule has 1 saturated heterocycles. The molecule has 2 saturated carbocycles. The van der Waals surface area contributed by atoms with Gasteiger partial charge < -0.3 is 18.6 Å². The summed E-state index contributed by atoms with van der Waals surface area (Å²) in [5.41, 5.74) is -0.806. The van der Waals surface area contributed by atoms with Crippen molar-refractivity contribution in [3.63, 3.8) is 0 Å². The first kappa shape index (κ1) is 25.4. The van der Waals surface area contributed by atoms with E-state index < -0.39 is 52.7 Å². The molecule has 2 aromatic heterocycles. The van der Waals surface area contributed by atoms with Crippen LogP contribution in [0.4, 0.5) is 0 Å². The fourth-order valence-corrected chi connectivity index (χ4v) is 7.07. The minimum Gasteiger partial charge on any atom is -0.472 e. The standard InChI is InChI=1S/C27H28ClNO8/c1-26-8-6-16-25(33)37-19(15-7-9-35-13-15)11-27(16,2)22(26)21(30)18(10-17(26)24(32)34-3)36-23(31)14-4-5-20(28)29-12-14/h4-5,7,9,12-13,16-19,22H,6,8,10-11H2,1-3H3/t16-,17-,18-,19-,22-,26-,27-/m0/s1. The van der Waals surface area contributed by atoms with Crippen LogP contribution in [0, 0.1) is 28.6 Å². The minimum absolute atomic E-state index is 0.00160. The van der Waals surface area contributed by atoms with Crippen molar-refractivity contribution >= 4 is 35.3 Å². The largest absolute Gasteiger partial charge is 0.472 e. The molecule has 10 heteroatoms. The van der Waals surface area contributed by atoms with Gasteiger partial charge in [-0.15, -0.1) is 0 Å². The molecule has 0 bridgehead atoms. The minimum atomic E-state index is -1.19. The SMILES string of the molecule is COC(=O)[C@@H]1C[C@H](OC(=O)c2ccc(Cl)nc2)C(=O)[C@H]2[C@@]1(C)CC[C@H]1C(=O)O[C@H](c3ccoc3)C[C@]21C. The summed E-state index contributed by atoms with van der Waals surface area (Å²) in [7, 11) is 1.30. The van der Waals surface area contributed by atoms with Gasteiger partial charge in [0.15, 0.2) is 11.9 Å². The van der Waals surface area contributed by atoms with Crippen molar-refractivity contribution in [2.24, 2.45) is 28.6 Å². The predicted molar refractivity (Wildman–Crippen MR) is 128 cm³/mol. The zero-order chi connectivity index (χ0) is 26.5. The molecular weight excluding hydrogens is 502 g/mol. The summed E-state index contributed by atoms with van der Waals surface area (Å²) in [5.74, 6) is -3.88. The number of fused-ring (bicyclic) bond motifs is 3. The Labute approximate surface area is 218 Å². The third-order valence-corrected chi connectivity index (χ3v) is 8.94. The average Bonchev–Trinajstić information content (AvgIpc) is 3.40. The number of rotatable bonds is 4. The van der Waals surface area contributed by atoms with Gasteiger partial charge in [-0.05, 0) is 48.3 Å². The maximum atomic E-state index is 14.2. The molecule has 0 spiro atoms. The van der Waals surface area contributed by atoms with Crippen LogP contribution in [0.2, 0.25) is 5.15 Å². The van der Waals surface area contributed by atoms with Gasteiger partial charge in [0.1, 0.15) is 11.3 Å². The Morgan fingerprint density at radius 3 is 2.59 bits per heavy atom. The smallest absolute Gasteiger partial charge is 0.340 e. The molecular formula is C27H28ClNO8. The normalized spacial score (nSPS) is 35.1. The Morgan fingerprint density at radius 2 is 1.95 bits per heavy atom. The van der Waals surface area contributed by atoms with E-state index in [0.29, 0.717) is 24.8 Å². The highest BCUT2D eigenvalue weighted by Crippen LogP contribution is 2.65. The van der Waals surface area contributed by atoms with Gasteiger partial charge in [-0.1, -0.05) is 25.4 Å². The number of hydrogen-bond acceptors (Lipinski definition) is 9. The summed E-state index contributed by atoms with van der Waals surface area (Å²) < 4.78 is 21.8. The highest BCUT2D eigenvalue weighted by Gasteiger charge is 2.67. The first-order valence-electron chi connectivity index (χ1n) is 12.2. The van der Waals surface area contributed by atoms with Crippen LogP contribution in [0.3, 0.4) is 0 Å².